The Labute approximate surface area is 122 Å². The summed E-state index contributed by atoms with van der Waals surface area (Å²) in [6.45, 7) is 8.37. The molecule has 1 radical (unpaired) electrons. The minimum absolute atomic E-state index is 0.224. The maximum atomic E-state index is 13.7. The summed E-state index contributed by atoms with van der Waals surface area (Å²) in [5.74, 6) is 0.648. The molecule has 0 aliphatic carbocycles. The maximum absolute atomic E-state index is 13.7. The van der Waals surface area contributed by atoms with Crippen LogP contribution in [0.5, 0.6) is 0 Å². The Bertz CT molecular complexity index is 473. The minimum atomic E-state index is -0.224. The molecule has 0 aromatic heterocycles. The topological polar surface area (TPSA) is 23.8 Å². The Balaban J connectivity index is 2.89. The van der Waals surface area contributed by atoms with E-state index in [4.69, 9.17) is 0 Å². The molecule has 2 unspecified atom stereocenters. The van der Waals surface area contributed by atoms with E-state index in [1.165, 1.54) is 6.07 Å². The van der Waals surface area contributed by atoms with Crippen molar-refractivity contribution in [1.82, 2.24) is 0 Å². The zero-order chi connectivity index (χ0) is 15.1. The first-order valence-corrected chi connectivity index (χ1v) is 7.53. The highest BCUT2D eigenvalue weighted by Crippen LogP contribution is 2.29. The second-order valence-corrected chi connectivity index (χ2v) is 5.72. The Kier molecular flexibility index (Phi) is 6.71. The molecule has 0 spiro atoms. The van der Waals surface area contributed by atoms with E-state index in [0.29, 0.717) is 17.9 Å². The van der Waals surface area contributed by atoms with Gasteiger partial charge in [-0.05, 0) is 60.8 Å². The van der Waals surface area contributed by atoms with Crippen LogP contribution in [0, 0.1) is 29.5 Å². The van der Waals surface area contributed by atoms with Gasteiger partial charge in [-0.3, -0.25) is 0 Å². The van der Waals surface area contributed by atoms with Gasteiger partial charge in [-0.25, -0.2) is 4.39 Å². The lowest BCUT2D eigenvalue weighted by atomic mass is 9.86. The molecule has 20 heavy (non-hydrogen) atoms. The molecule has 0 amide bonds. The fourth-order valence-corrected chi connectivity index (χ4v) is 2.70. The summed E-state index contributed by atoms with van der Waals surface area (Å²) in [5.41, 5.74) is 2.37. The number of hydrogen-bond acceptors (Lipinski definition) is 1. The van der Waals surface area contributed by atoms with Crippen LogP contribution in [0.25, 0.3) is 0 Å². The van der Waals surface area contributed by atoms with Crippen molar-refractivity contribution in [3.05, 3.63) is 41.1 Å². The molecule has 109 valence electrons. The molecule has 0 aliphatic heterocycles. The largest absolute Gasteiger partial charge is 0.207 e. The third kappa shape index (κ3) is 4.34. The summed E-state index contributed by atoms with van der Waals surface area (Å²) >= 11 is 0. The van der Waals surface area contributed by atoms with Gasteiger partial charge in [0.1, 0.15) is 5.82 Å². The van der Waals surface area contributed by atoms with E-state index in [2.05, 4.69) is 33.3 Å². The van der Waals surface area contributed by atoms with Gasteiger partial charge in [-0.15, -0.1) is 0 Å². The predicted octanol–water partition coefficient (Wildman–Crippen LogP) is 5.39. The summed E-state index contributed by atoms with van der Waals surface area (Å²) < 4.78 is 13.7. The minimum Gasteiger partial charge on any atom is -0.207 e. The lowest BCUT2D eigenvalue weighted by Crippen LogP contribution is -2.04. The first-order valence-electron chi connectivity index (χ1n) is 7.53. The molecule has 1 nitrogen and oxygen atoms in total. The average molecular weight is 274 g/mol. The molecule has 0 fully saturated rings. The van der Waals surface area contributed by atoms with Crippen molar-refractivity contribution < 1.29 is 4.39 Å². The van der Waals surface area contributed by atoms with Crippen LogP contribution in [-0.2, 0) is 6.42 Å². The van der Waals surface area contributed by atoms with Gasteiger partial charge >= 0.3 is 0 Å². The van der Waals surface area contributed by atoms with E-state index in [-0.39, 0.29) is 11.7 Å². The van der Waals surface area contributed by atoms with Crippen LogP contribution >= 0.6 is 0 Å². The molecule has 2 atom stereocenters. The second-order valence-electron chi connectivity index (χ2n) is 5.72. The number of hydrogen-bond donors (Lipinski definition) is 0. The van der Waals surface area contributed by atoms with Gasteiger partial charge in [0.2, 0.25) is 0 Å². The van der Waals surface area contributed by atoms with Gasteiger partial charge in [0, 0.05) is 0 Å². The molecule has 1 aromatic rings. The second kappa shape index (κ2) is 8.04. The van der Waals surface area contributed by atoms with Crippen LogP contribution in [0.1, 0.15) is 69.6 Å². The first-order chi connectivity index (χ1) is 9.53. The van der Waals surface area contributed by atoms with E-state index in [1.54, 1.807) is 6.07 Å². The van der Waals surface area contributed by atoms with Crippen molar-refractivity contribution in [1.29, 1.82) is 5.26 Å². The first kappa shape index (κ1) is 16.7. The van der Waals surface area contributed by atoms with Gasteiger partial charge in [0.15, 0.2) is 0 Å². The molecular weight excluding hydrogens is 249 g/mol. The summed E-state index contributed by atoms with van der Waals surface area (Å²) in [6, 6.07) is 5.29. The van der Waals surface area contributed by atoms with Gasteiger partial charge in [-0.2, -0.15) is 5.26 Å². The number of aryl methyl sites for hydroxylation is 1. The molecule has 0 N–H and O–H groups in total. The summed E-state index contributed by atoms with van der Waals surface area (Å²) in [6.07, 6.45) is 6.10. The predicted molar refractivity (Wildman–Crippen MR) is 81.9 cm³/mol. The molecule has 1 rings (SSSR count). The average Bonchev–Trinajstić information content (AvgIpc) is 2.43. The quantitative estimate of drug-likeness (QED) is 0.653. The molecule has 0 heterocycles. The van der Waals surface area contributed by atoms with Crippen molar-refractivity contribution in [3.8, 4) is 6.07 Å². The van der Waals surface area contributed by atoms with E-state index in [1.807, 2.05) is 6.92 Å². The summed E-state index contributed by atoms with van der Waals surface area (Å²) in [7, 11) is 0. The van der Waals surface area contributed by atoms with E-state index < -0.39 is 0 Å². The van der Waals surface area contributed by atoms with Gasteiger partial charge in [0.05, 0.1) is 11.6 Å². The van der Waals surface area contributed by atoms with Crippen LogP contribution in [0.3, 0.4) is 0 Å². The van der Waals surface area contributed by atoms with Gasteiger partial charge in [0.25, 0.3) is 0 Å². The van der Waals surface area contributed by atoms with Crippen LogP contribution in [0.2, 0.25) is 0 Å². The lowest BCUT2D eigenvalue weighted by Gasteiger charge is -2.18. The molecule has 0 bridgehead atoms. The zero-order valence-corrected chi connectivity index (χ0v) is 13.0. The number of rotatable bonds is 7. The Morgan fingerprint density at radius 3 is 2.55 bits per heavy atom. The number of halogens is 1. The fraction of sp³-hybridized carbons (Fsp3) is 0.556. The number of nitriles is 1. The lowest BCUT2D eigenvalue weighted by molar-refractivity contribution is 0.475. The molecule has 0 saturated heterocycles. The molecule has 2 heteroatoms. The monoisotopic (exact) mass is 274 g/mol. The molecule has 0 saturated carbocycles. The standard InChI is InChI=1S/C18H25FN/c1-5-7-13(3)8-9-14(4)17-11-16(19)10-15(6-2)18(17)12-20/h5,10-11,13-14H,6-9H2,1-4H3. The van der Waals surface area contributed by atoms with E-state index in [9.17, 15) is 9.65 Å². The SMILES string of the molecule is C[CH]CC(C)CCC(C)c1cc(F)cc(CC)c1C#N. The van der Waals surface area contributed by atoms with E-state index >= 15 is 0 Å². The van der Waals surface area contributed by atoms with Crippen molar-refractivity contribution in [2.45, 2.75) is 59.3 Å². The van der Waals surface area contributed by atoms with Crippen LogP contribution < -0.4 is 0 Å². The van der Waals surface area contributed by atoms with E-state index in [0.717, 1.165) is 30.4 Å². The number of benzene rings is 1. The van der Waals surface area contributed by atoms with Crippen molar-refractivity contribution in [2.24, 2.45) is 5.92 Å². The summed E-state index contributed by atoms with van der Waals surface area (Å²) in [4.78, 5) is 0. The maximum Gasteiger partial charge on any atom is 0.123 e. The molecular formula is C18H25FN. The Morgan fingerprint density at radius 1 is 1.30 bits per heavy atom. The van der Waals surface area contributed by atoms with Crippen molar-refractivity contribution >= 4 is 0 Å². The molecule has 1 aromatic carbocycles. The van der Waals surface area contributed by atoms with Gasteiger partial charge in [-0.1, -0.05) is 34.1 Å². The third-order valence-corrected chi connectivity index (χ3v) is 3.97. The molecule has 0 aliphatic rings. The fourth-order valence-electron chi connectivity index (χ4n) is 2.70. The van der Waals surface area contributed by atoms with Crippen LogP contribution in [-0.4, -0.2) is 0 Å². The normalized spacial score (nSPS) is 13.8. The van der Waals surface area contributed by atoms with Crippen LogP contribution in [0.4, 0.5) is 4.39 Å². The highest BCUT2D eigenvalue weighted by atomic mass is 19.1. The smallest absolute Gasteiger partial charge is 0.123 e. The Morgan fingerprint density at radius 2 is 2.00 bits per heavy atom. The zero-order valence-electron chi connectivity index (χ0n) is 13.0. The van der Waals surface area contributed by atoms with Crippen molar-refractivity contribution in [2.75, 3.05) is 0 Å². The van der Waals surface area contributed by atoms with Crippen molar-refractivity contribution in [3.63, 3.8) is 0 Å². The highest BCUT2D eigenvalue weighted by molar-refractivity contribution is 5.46. The Hall–Kier alpha value is -1.36. The van der Waals surface area contributed by atoms with Crippen LogP contribution in [0.15, 0.2) is 12.1 Å². The highest BCUT2D eigenvalue weighted by Gasteiger charge is 2.16. The van der Waals surface area contributed by atoms with Gasteiger partial charge < -0.3 is 0 Å². The third-order valence-electron chi connectivity index (χ3n) is 3.97. The number of nitrogens with zero attached hydrogens (tertiary/aromatic N) is 1. The summed E-state index contributed by atoms with van der Waals surface area (Å²) in [5, 5.41) is 9.35.